The largest absolute Gasteiger partial charge is 0.478 e. The first-order chi connectivity index (χ1) is 20.0. The second kappa shape index (κ2) is 12.3. The Morgan fingerprint density at radius 1 is 0.976 bits per heavy atom. The summed E-state index contributed by atoms with van der Waals surface area (Å²) in [6.07, 6.45) is -4.30. The van der Waals surface area contributed by atoms with Crippen molar-refractivity contribution < 1.29 is 36.2 Å². The van der Waals surface area contributed by atoms with E-state index in [2.05, 4.69) is 4.90 Å². The number of carboxylic acid groups (broad SMARTS) is 1. The Morgan fingerprint density at radius 3 is 2.40 bits per heavy atom. The number of allylic oxidation sites excluding steroid dienone is 1. The van der Waals surface area contributed by atoms with Crippen LogP contribution in [0.1, 0.15) is 69.4 Å². The van der Waals surface area contributed by atoms with Gasteiger partial charge in [0.15, 0.2) is 0 Å². The van der Waals surface area contributed by atoms with E-state index in [1.165, 1.54) is 12.1 Å². The normalized spacial score (nSPS) is 17.9. The van der Waals surface area contributed by atoms with Crippen molar-refractivity contribution in [1.82, 2.24) is 4.90 Å². The number of hydrogen-bond donors (Lipinski definition) is 1. The molecule has 1 saturated heterocycles. The maximum Gasteiger partial charge on any atom is 0.417 e. The lowest BCUT2D eigenvalue weighted by molar-refractivity contribution is -0.138. The summed E-state index contributed by atoms with van der Waals surface area (Å²) in [4.78, 5) is 13.7. The molecule has 1 heterocycles. The van der Waals surface area contributed by atoms with Gasteiger partial charge in [-0.2, -0.15) is 13.2 Å². The molecule has 1 aliphatic heterocycles. The van der Waals surface area contributed by atoms with Gasteiger partial charge in [0.2, 0.25) is 6.43 Å². The Kier molecular flexibility index (Phi) is 8.78. The van der Waals surface area contributed by atoms with Crippen molar-refractivity contribution >= 4 is 17.1 Å². The number of aryl methyl sites for hydroxylation is 1. The molecule has 0 radical (unpaired) electrons. The number of benzene rings is 3. The Hall–Kier alpha value is -3.59. The Balaban J connectivity index is 1.54. The molecule has 1 N–H and O–H groups in total. The van der Waals surface area contributed by atoms with E-state index in [0.717, 1.165) is 43.1 Å². The maximum atomic E-state index is 14.1. The topological polar surface area (TPSA) is 40.5 Å². The number of halogens is 6. The molecule has 9 heteroatoms. The molecule has 1 fully saturated rings. The minimum absolute atomic E-state index is 0.0898. The first-order valence-electron chi connectivity index (χ1n) is 14.1. The lowest BCUT2D eigenvalue weighted by atomic mass is 9.85. The van der Waals surface area contributed by atoms with Gasteiger partial charge < -0.3 is 10.0 Å². The zero-order chi connectivity index (χ0) is 30.0. The van der Waals surface area contributed by atoms with E-state index in [4.69, 9.17) is 0 Å². The SMILES string of the molecule is O=C(O)c1ccc2c(c1)CCCC(c1ccc(F)cc1C(F)(F)F)=C2c1ccc(CC2CCN(CCC(F)F)C2)cc1. The van der Waals surface area contributed by atoms with E-state index >= 15 is 0 Å². The highest BCUT2D eigenvalue weighted by molar-refractivity contribution is 6.01. The molecule has 42 heavy (non-hydrogen) atoms. The lowest BCUT2D eigenvalue weighted by Crippen LogP contribution is -2.23. The van der Waals surface area contributed by atoms with Crippen molar-refractivity contribution in [3.63, 3.8) is 0 Å². The number of rotatable bonds is 8. The summed E-state index contributed by atoms with van der Waals surface area (Å²) in [5, 5.41) is 9.53. The first kappa shape index (κ1) is 29.9. The van der Waals surface area contributed by atoms with Crippen LogP contribution in [0, 0.1) is 11.7 Å². The van der Waals surface area contributed by atoms with Gasteiger partial charge >= 0.3 is 12.1 Å². The number of hydrogen-bond acceptors (Lipinski definition) is 2. The molecule has 1 unspecified atom stereocenters. The molecular weight excluding hydrogens is 556 g/mol. The maximum absolute atomic E-state index is 14.1. The number of carboxylic acids is 1. The van der Waals surface area contributed by atoms with Crippen molar-refractivity contribution in [1.29, 1.82) is 0 Å². The molecule has 0 saturated carbocycles. The van der Waals surface area contributed by atoms with Crippen LogP contribution >= 0.6 is 0 Å². The van der Waals surface area contributed by atoms with E-state index in [-0.39, 0.29) is 17.5 Å². The van der Waals surface area contributed by atoms with Crippen molar-refractivity contribution in [2.45, 2.75) is 51.1 Å². The summed E-state index contributed by atoms with van der Waals surface area (Å²) in [6, 6.07) is 15.0. The quantitative estimate of drug-likeness (QED) is 0.269. The molecular formula is C33H31F6NO2. The van der Waals surface area contributed by atoms with E-state index in [9.17, 15) is 36.2 Å². The second-order valence-corrected chi connectivity index (χ2v) is 11.1. The summed E-state index contributed by atoms with van der Waals surface area (Å²) in [7, 11) is 0. The van der Waals surface area contributed by atoms with Gasteiger partial charge in [0.25, 0.3) is 0 Å². The molecule has 2 aliphatic rings. The van der Waals surface area contributed by atoms with Gasteiger partial charge in [-0.25, -0.2) is 18.0 Å². The van der Waals surface area contributed by atoms with Crippen LogP contribution in [0.2, 0.25) is 0 Å². The fourth-order valence-corrected chi connectivity index (χ4v) is 6.24. The summed E-state index contributed by atoms with van der Waals surface area (Å²) < 4.78 is 81.6. The third-order valence-electron chi connectivity index (χ3n) is 8.21. The van der Waals surface area contributed by atoms with E-state index in [0.29, 0.717) is 60.1 Å². The third-order valence-corrected chi connectivity index (χ3v) is 8.21. The van der Waals surface area contributed by atoms with Gasteiger partial charge in [0.05, 0.1) is 11.1 Å². The Morgan fingerprint density at radius 2 is 1.71 bits per heavy atom. The minimum atomic E-state index is -4.77. The number of aromatic carboxylic acids is 1. The average Bonchev–Trinajstić information content (AvgIpc) is 3.30. The van der Waals surface area contributed by atoms with Crippen molar-refractivity contribution in [2.75, 3.05) is 19.6 Å². The molecule has 0 spiro atoms. The van der Waals surface area contributed by atoms with Crippen LogP contribution in [0.3, 0.4) is 0 Å². The lowest BCUT2D eigenvalue weighted by Gasteiger charge is -2.20. The van der Waals surface area contributed by atoms with Crippen LogP contribution in [0.25, 0.3) is 11.1 Å². The first-order valence-corrected chi connectivity index (χ1v) is 14.1. The standard InChI is InChI=1S/C33H31F6NO2/c34-25-9-11-27(29(18-25)33(37,38)39)28-3-1-2-23-17-24(32(41)42)8-10-26(23)31(28)22-6-4-20(5-7-22)16-21-12-14-40(19-21)15-13-30(35)36/h4-11,17-18,21,30H,1-3,12-16,19H2,(H,41,42). The minimum Gasteiger partial charge on any atom is -0.478 e. The zero-order valence-corrected chi connectivity index (χ0v) is 22.9. The van der Waals surface area contributed by atoms with Crippen molar-refractivity contribution in [3.05, 3.63) is 105 Å². The highest BCUT2D eigenvalue weighted by atomic mass is 19.4. The van der Waals surface area contributed by atoms with Crippen LogP contribution in [0.4, 0.5) is 26.3 Å². The Labute approximate surface area is 240 Å². The average molecular weight is 588 g/mol. The van der Waals surface area contributed by atoms with Crippen LogP contribution in [-0.2, 0) is 19.0 Å². The summed E-state index contributed by atoms with van der Waals surface area (Å²) in [5.41, 5.74) is 3.07. The fourth-order valence-electron chi connectivity index (χ4n) is 6.24. The molecule has 5 rings (SSSR count). The smallest absolute Gasteiger partial charge is 0.417 e. The number of carbonyl (C=O) groups is 1. The molecule has 222 valence electrons. The van der Waals surface area contributed by atoms with Gasteiger partial charge in [-0.05, 0) is 108 Å². The molecule has 0 bridgehead atoms. The Bertz CT molecular complexity index is 1480. The highest BCUT2D eigenvalue weighted by Gasteiger charge is 2.36. The van der Waals surface area contributed by atoms with E-state index in [1.54, 1.807) is 12.1 Å². The fraction of sp³-hybridized carbons (Fsp3) is 0.364. The van der Waals surface area contributed by atoms with Crippen LogP contribution < -0.4 is 0 Å². The van der Waals surface area contributed by atoms with Gasteiger partial charge in [-0.1, -0.05) is 36.4 Å². The van der Waals surface area contributed by atoms with Gasteiger partial charge in [0.1, 0.15) is 5.82 Å². The number of alkyl halides is 5. The summed E-state index contributed by atoms with van der Waals surface area (Å²) in [6.45, 7) is 1.89. The van der Waals surface area contributed by atoms with Crippen LogP contribution in [-0.4, -0.2) is 42.0 Å². The number of nitrogens with zero attached hydrogens (tertiary/aromatic N) is 1. The third kappa shape index (κ3) is 6.72. The number of likely N-dealkylation sites (tertiary alicyclic amines) is 1. The molecule has 3 aromatic rings. The molecule has 0 amide bonds. The molecule has 0 aromatic heterocycles. The predicted molar refractivity (Wildman–Crippen MR) is 149 cm³/mol. The molecule has 1 aliphatic carbocycles. The zero-order valence-electron chi connectivity index (χ0n) is 22.9. The second-order valence-electron chi connectivity index (χ2n) is 11.1. The number of fused-ring (bicyclic) bond motifs is 1. The van der Waals surface area contributed by atoms with E-state index < -0.39 is 30.0 Å². The molecule has 3 nitrogen and oxygen atoms in total. The molecule has 1 atom stereocenters. The predicted octanol–water partition coefficient (Wildman–Crippen LogP) is 8.36. The van der Waals surface area contributed by atoms with Crippen molar-refractivity contribution in [3.8, 4) is 0 Å². The monoisotopic (exact) mass is 587 g/mol. The molecule has 3 aromatic carbocycles. The highest BCUT2D eigenvalue weighted by Crippen LogP contribution is 2.44. The van der Waals surface area contributed by atoms with Gasteiger partial charge in [-0.3, -0.25) is 0 Å². The summed E-state index contributed by atoms with van der Waals surface area (Å²) >= 11 is 0. The summed E-state index contributed by atoms with van der Waals surface area (Å²) in [5.74, 6) is -1.74. The van der Waals surface area contributed by atoms with Crippen molar-refractivity contribution in [2.24, 2.45) is 5.92 Å². The van der Waals surface area contributed by atoms with Gasteiger partial charge in [-0.15, -0.1) is 0 Å². The van der Waals surface area contributed by atoms with Gasteiger partial charge in [0, 0.05) is 19.5 Å². The van der Waals surface area contributed by atoms with Crippen LogP contribution in [0.5, 0.6) is 0 Å². The van der Waals surface area contributed by atoms with Crippen LogP contribution in [0.15, 0.2) is 60.7 Å². The van der Waals surface area contributed by atoms with E-state index in [1.807, 2.05) is 24.3 Å².